The molecule has 3 rings (SSSR count). The quantitative estimate of drug-likeness (QED) is 0.474. The highest BCUT2D eigenvalue weighted by molar-refractivity contribution is 9.10. The topological polar surface area (TPSA) is 80.5 Å². The summed E-state index contributed by atoms with van der Waals surface area (Å²) < 4.78 is 0.864. The van der Waals surface area contributed by atoms with E-state index in [1.807, 2.05) is 11.4 Å². The van der Waals surface area contributed by atoms with Gasteiger partial charge in [-0.15, -0.1) is 11.3 Å². The Labute approximate surface area is 131 Å². The van der Waals surface area contributed by atoms with Crippen LogP contribution in [0.15, 0.2) is 34.1 Å². The Hall–Kier alpha value is -2.06. The lowest BCUT2D eigenvalue weighted by molar-refractivity contribution is -0.384. The SMILES string of the molecule is O=C1C(=O)N(Cc2sccc2Br)c2ccc([N+](=O)[O-])cc21. The molecule has 0 bridgehead atoms. The zero-order valence-electron chi connectivity index (χ0n) is 10.4. The van der Waals surface area contributed by atoms with Gasteiger partial charge >= 0.3 is 0 Å². The van der Waals surface area contributed by atoms with E-state index in [9.17, 15) is 19.7 Å². The molecular weight excluding hydrogens is 360 g/mol. The largest absolute Gasteiger partial charge is 0.299 e. The van der Waals surface area contributed by atoms with E-state index in [-0.39, 0.29) is 17.8 Å². The van der Waals surface area contributed by atoms with Gasteiger partial charge in [0.05, 0.1) is 22.7 Å². The van der Waals surface area contributed by atoms with Crippen molar-refractivity contribution >= 4 is 50.3 Å². The predicted octanol–water partition coefficient (Wildman–Crippen LogP) is 3.15. The van der Waals surface area contributed by atoms with E-state index in [1.54, 1.807) is 0 Å². The minimum Gasteiger partial charge on any atom is -0.299 e. The van der Waals surface area contributed by atoms with E-state index in [0.29, 0.717) is 5.69 Å². The molecule has 2 heterocycles. The molecule has 2 aromatic rings. The lowest BCUT2D eigenvalue weighted by Crippen LogP contribution is -2.28. The fraction of sp³-hybridized carbons (Fsp3) is 0.0769. The molecule has 6 nitrogen and oxygen atoms in total. The Bertz CT molecular complexity index is 786. The molecule has 0 N–H and O–H groups in total. The number of Topliss-reactive ketones (excluding diaryl/α,β-unsaturated/α-hetero) is 1. The number of hydrogen-bond acceptors (Lipinski definition) is 5. The van der Waals surface area contributed by atoms with Crippen LogP contribution in [0.4, 0.5) is 11.4 Å². The third kappa shape index (κ3) is 2.26. The number of carbonyl (C=O) groups is 2. The number of halogens is 1. The Kier molecular flexibility index (Phi) is 3.34. The summed E-state index contributed by atoms with van der Waals surface area (Å²) in [5.74, 6) is -1.37. The normalized spacial score (nSPS) is 13.7. The molecule has 0 spiro atoms. The standard InChI is InChI=1S/C13H7BrN2O4S/c14-9-3-4-21-11(9)6-15-10-2-1-7(16(19)20)5-8(10)12(17)13(15)18/h1-5H,6H2. The van der Waals surface area contributed by atoms with Gasteiger partial charge in [-0.1, -0.05) is 0 Å². The van der Waals surface area contributed by atoms with Crippen LogP contribution in [0, 0.1) is 10.1 Å². The zero-order valence-corrected chi connectivity index (χ0v) is 12.8. The highest BCUT2D eigenvalue weighted by Crippen LogP contribution is 2.35. The molecule has 1 aliphatic heterocycles. The Balaban J connectivity index is 2.02. The van der Waals surface area contributed by atoms with Crippen molar-refractivity contribution in [1.82, 2.24) is 0 Å². The monoisotopic (exact) mass is 366 g/mol. The average molecular weight is 367 g/mol. The first kappa shape index (κ1) is 13.9. The molecule has 106 valence electrons. The Morgan fingerprint density at radius 3 is 2.67 bits per heavy atom. The first-order valence-electron chi connectivity index (χ1n) is 5.85. The van der Waals surface area contributed by atoms with Crippen molar-refractivity contribution in [2.45, 2.75) is 6.54 Å². The second-order valence-corrected chi connectivity index (χ2v) is 6.23. The fourth-order valence-corrected chi connectivity index (χ4v) is 3.61. The number of benzene rings is 1. The number of ketones is 1. The molecular formula is C13H7BrN2O4S. The number of rotatable bonds is 3. The van der Waals surface area contributed by atoms with E-state index >= 15 is 0 Å². The van der Waals surface area contributed by atoms with Crippen molar-refractivity contribution in [2.75, 3.05) is 4.90 Å². The van der Waals surface area contributed by atoms with Crippen LogP contribution in [-0.2, 0) is 11.3 Å². The number of non-ortho nitro benzene ring substituents is 1. The zero-order chi connectivity index (χ0) is 15.1. The number of nitrogens with zero attached hydrogens (tertiary/aromatic N) is 2. The van der Waals surface area contributed by atoms with Crippen LogP contribution in [-0.4, -0.2) is 16.6 Å². The van der Waals surface area contributed by atoms with E-state index in [4.69, 9.17) is 0 Å². The van der Waals surface area contributed by atoms with Gasteiger partial charge in [0.15, 0.2) is 0 Å². The molecule has 0 saturated heterocycles. The Morgan fingerprint density at radius 2 is 2.05 bits per heavy atom. The molecule has 8 heteroatoms. The van der Waals surface area contributed by atoms with Crippen LogP contribution in [0.1, 0.15) is 15.2 Å². The summed E-state index contributed by atoms with van der Waals surface area (Å²) in [6.07, 6.45) is 0. The van der Waals surface area contributed by atoms with Crippen molar-refractivity contribution in [3.63, 3.8) is 0 Å². The second kappa shape index (κ2) is 5.05. The summed E-state index contributed by atoms with van der Waals surface area (Å²) in [7, 11) is 0. The van der Waals surface area contributed by atoms with Crippen molar-refractivity contribution in [2.24, 2.45) is 0 Å². The van der Waals surface area contributed by atoms with Gasteiger partial charge in [-0.05, 0) is 33.4 Å². The smallest absolute Gasteiger partial charge is 0.299 e. The highest BCUT2D eigenvalue weighted by Gasteiger charge is 2.37. The van der Waals surface area contributed by atoms with E-state index in [2.05, 4.69) is 15.9 Å². The molecule has 0 saturated carbocycles. The van der Waals surface area contributed by atoms with Crippen LogP contribution in [0.2, 0.25) is 0 Å². The second-order valence-electron chi connectivity index (χ2n) is 4.37. The summed E-state index contributed by atoms with van der Waals surface area (Å²) in [6.45, 7) is 0.258. The number of amides is 1. The van der Waals surface area contributed by atoms with Crippen LogP contribution >= 0.6 is 27.3 Å². The number of anilines is 1. The summed E-state index contributed by atoms with van der Waals surface area (Å²) >= 11 is 4.84. The van der Waals surface area contributed by atoms with Gasteiger partial charge in [0.1, 0.15) is 0 Å². The summed E-state index contributed by atoms with van der Waals surface area (Å²) in [6, 6.07) is 5.75. The van der Waals surface area contributed by atoms with Crippen molar-refractivity contribution in [3.8, 4) is 0 Å². The number of thiophene rings is 1. The third-order valence-corrected chi connectivity index (χ3v) is 5.07. The molecule has 0 radical (unpaired) electrons. The molecule has 0 aliphatic carbocycles. The van der Waals surface area contributed by atoms with Crippen molar-refractivity contribution in [1.29, 1.82) is 0 Å². The number of nitro benzene ring substituents is 1. The molecule has 1 aliphatic rings. The van der Waals surface area contributed by atoms with E-state index in [0.717, 1.165) is 15.4 Å². The lowest BCUT2D eigenvalue weighted by atomic mass is 10.1. The molecule has 1 amide bonds. The first-order chi connectivity index (χ1) is 9.99. The van der Waals surface area contributed by atoms with Gasteiger partial charge in [-0.25, -0.2) is 0 Å². The van der Waals surface area contributed by atoms with Crippen LogP contribution in [0.5, 0.6) is 0 Å². The number of nitro groups is 1. The molecule has 21 heavy (non-hydrogen) atoms. The fourth-order valence-electron chi connectivity index (χ4n) is 2.14. The number of hydrogen-bond donors (Lipinski definition) is 0. The first-order valence-corrected chi connectivity index (χ1v) is 7.53. The van der Waals surface area contributed by atoms with Gasteiger partial charge in [0.25, 0.3) is 17.4 Å². The predicted molar refractivity (Wildman–Crippen MR) is 80.6 cm³/mol. The van der Waals surface area contributed by atoms with Gasteiger partial charge in [0, 0.05) is 21.5 Å². The summed E-state index contributed by atoms with van der Waals surface area (Å²) in [5, 5.41) is 12.6. The van der Waals surface area contributed by atoms with E-state index in [1.165, 1.54) is 28.4 Å². The number of fused-ring (bicyclic) bond motifs is 1. The third-order valence-electron chi connectivity index (χ3n) is 3.16. The molecule has 0 fully saturated rings. The highest BCUT2D eigenvalue weighted by atomic mass is 79.9. The summed E-state index contributed by atoms with van der Waals surface area (Å²) in [4.78, 5) is 36.5. The molecule has 1 aromatic carbocycles. The molecule has 1 aromatic heterocycles. The minimum absolute atomic E-state index is 0.0851. The van der Waals surface area contributed by atoms with Gasteiger partial charge in [-0.2, -0.15) is 0 Å². The molecule has 0 unspecified atom stereocenters. The maximum atomic E-state index is 12.1. The number of carbonyl (C=O) groups excluding carboxylic acids is 2. The van der Waals surface area contributed by atoms with Gasteiger partial charge in [0.2, 0.25) is 0 Å². The van der Waals surface area contributed by atoms with Gasteiger partial charge < -0.3 is 0 Å². The minimum atomic E-state index is -0.707. The van der Waals surface area contributed by atoms with E-state index < -0.39 is 16.6 Å². The van der Waals surface area contributed by atoms with Crippen LogP contribution in [0.25, 0.3) is 0 Å². The average Bonchev–Trinajstić information content (AvgIpc) is 2.96. The summed E-state index contributed by atoms with van der Waals surface area (Å²) in [5.41, 5.74) is 0.298. The lowest BCUT2D eigenvalue weighted by Gasteiger charge is -2.15. The van der Waals surface area contributed by atoms with Gasteiger partial charge in [-0.3, -0.25) is 24.6 Å². The van der Waals surface area contributed by atoms with Crippen LogP contribution in [0.3, 0.4) is 0 Å². The van der Waals surface area contributed by atoms with Crippen molar-refractivity contribution in [3.05, 3.63) is 54.7 Å². The maximum absolute atomic E-state index is 12.1. The maximum Gasteiger partial charge on any atom is 0.299 e. The molecule has 0 atom stereocenters. The van der Waals surface area contributed by atoms with Crippen molar-refractivity contribution < 1.29 is 14.5 Å². The van der Waals surface area contributed by atoms with Crippen LogP contribution < -0.4 is 4.90 Å². The Morgan fingerprint density at radius 1 is 1.29 bits per heavy atom.